The molecule has 2 aromatic rings. The van der Waals surface area contributed by atoms with E-state index in [2.05, 4.69) is 43.6 Å². The van der Waals surface area contributed by atoms with E-state index >= 15 is 0 Å². The Labute approximate surface area is 194 Å². The maximum atomic E-state index is 12.8. The summed E-state index contributed by atoms with van der Waals surface area (Å²) in [6.07, 6.45) is -0.818. The predicted octanol–water partition coefficient (Wildman–Crippen LogP) is -1.83. The minimum atomic E-state index is -1.31. The second kappa shape index (κ2) is 8.81. The largest absolute Gasteiger partial charge is 0.481 e. The molecule has 3 atom stereocenters. The van der Waals surface area contributed by atoms with Crippen molar-refractivity contribution < 1.29 is 33.9 Å². The number of hydrogen-bond acceptors (Lipinski definition) is 12. The van der Waals surface area contributed by atoms with E-state index in [0.717, 1.165) is 4.90 Å². The van der Waals surface area contributed by atoms with Crippen molar-refractivity contribution in [3.8, 4) is 0 Å². The maximum absolute atomic E-state index is 12.8. The van der Waals surface area contributed by atoms with Crippen LogP contribution in [0.4, 0.5) is 0 Å². The number of aliphatic carboxylic acids is 2. The number of nitrogens with zero attached hydrogens (tertiary/aromatic N) is 7. The van der Waals surface area contributed by atoms with Crippen molar-refractivity contribution in [1.82, 2.24) is 40.6 Å². The smallest absolute Gasteiger partial charge is 0.352 e. The van der Waals surface area contributed by atoms with Crippen LogP contribution >= 0.6 is 24.4 Å². The number of nitrogens with one attached hydrogen (secondary N) is 1. The quantitative estimate of drug-likeness (QED) is 0.235. The van der Waals surface area contributed by atoms with Gasteiger partial charge in [0.1, 0.15) is 30.0 Å². The molecule has 0 bridgehead atoms. The number of carboxylic acids is 2. The minimum Gasteiger partial charge on any atom is -0.481 e. The molecule has 15 nitrogen and oxygen atoms in total. The summed E-state index contributed by atoms with van der Waals surface area (Å²) < 4.78 is 6.20. The molecular formula is C16H16N8O7S2. The third kappa shape index (κ3) is 4.28. The van der Waals surface area contributed by atoms with Crippen LogP contribution in [0, 0.1) is 0 Å². The Morgan fingerprint density at radius 3 is 2.73 bits per heavy atom. The van der Waals surface area contributed by atoms with Gasteiger partial charge in [-0.15, -0.1) is 16.9 Å². The number of fused-ring (bicyclic) bond motifs is 1. The van der Waals surface area contributed by atoms with Gasteiger partial charge in [0, 0.05) is 12.8 Å². The van der Waals surface area contributed by atoms with Crippen molar-refractivity contribution in [2.75, 3.05) is 5.75 Å². The fourth-order valence-electron chi connectivity index (χ4n) is 3.41. The molecule has 4 heterocycles. The first-order valence-electron chi connectivity index (χ1n) is 9.31. The average Bonchev–Trinajstić information content (AvgIpc) is 3.38. The van der Waals surface area contributed by atoms with Crippen LogP contribution < -0.4 is 5.32 Å². The monoisotopic (exact) mass is 496 g/mol. The van der Waals surface area contributed by atoms with E-state index in [1.54, 1.807) is 7.05 Å². The first kappa shape index (κ1) is 22.7. The van der Waals surface area contributed by atoms with Gasteiger partial charge >= 0.3 is 11.9 Å². The lowest BCUT2D eigenvalue weighted by Crippen LogP contribution is -2.70. The Morgan fingerprint density at radius 2 is 2.09 bits per heavy atom. The molecule has 2 amide bonds. The zero-order chi connectivity index (χ0) is 23.9. The Balaban J connectivity index is 1.46. The summed E-state index contributed by atoms with van der Waals surface area (Å²) in [5.74, 6) is -3.29. The summed E-state index contributed by atoms with van der Waals surface area (Å²) in [5, 5.41) is 34.2. The number of carboxylic acid groups (broad SMARTS) is 2. The second-order valence-corrected chi connectivity index (χ2v) is 8.67. The summed E-state index contributed by atoms with van der Waals surface area (Å²) >= 11 is 5.74. The molecule has 0 saturated carbocycles. The van der Waals surface area contributed by atoms with Gasteiger partial charge in [-0.3, -0.25) is 19.3 Å². The van der Waals surface area contributed by atoms with Crippen LogP contribution in [0.1, 0.15) is 22.8 Å². The molecule has 17 heteroatoms. The third-order valence-electron chi connectivity index (χ3n) is 4.88. The number of β-lactam (4-membered cyclic amide) rings is 1. The van der Waals surface area contributed by atoms with E-state index in [0.29, 0.717) is 11.4 Å². The minimum absolute atomic E-state index is 0.0813. The van der Waals surface area contributed by atoms with Crippen LogP contribution in [0.5, 0.6) is 0 Å². The Morgan fingerprint density at radius 1 is 1.33 bits per heavy atom. The molecule has 1 fully saturated rings. The van der Waals surface area contributed by atoms with Crippen LogP contribution in [0.15, 0.2) is 15.8 Å². The summed E-state index contributed by atoms with van der Waals surface area (Å²) in [6, 6.07) is -0.949. The molecule has 1 saturated heterocycles. The Hall–Kier alpha value is -3.47. The fourth-order valence-corrected chi connectivity index (χ4v) is 5.35. The molecular weight excluding hydrogens is 480 g/mol. The lowest BCUT2D eigenvalue weighted by atomic mass is 10.0. The van der Waals surface area contributed by atoms with E-state index in [4.69, 9.17) is 9.63 Å². The fraction of sp³-hybridized carbons (Fsp3) is 0.438. The van der Waals surface area contributed by atoms with Gasteiger partial charge < -0.3 is 20.1 Å². The number of rotatable bonds is 8. The van der Waals surface area contributed by atoms with Crippen LogP contribution in [0.3, 0.4) is 0 Å². The molecule has 174 valence electrons. The highest BCUT2D eigenvalue weighted by molar-refractivity contribution is 8.00. The molecule has 33 heavy (non-hydrogen) atoms. The first-order valence-corrected chi connectivity index (χ1v) is 10.9. The SMILES string of the molecule is Cn1nnnc1C(S)C1=C(C(=O)O)N2C(=O)C(NC(=O)Cc3nc(CC(=O)O)no3)[C@H]2SC1. The van der Waals surface area contributed by atoms with E-state index in [9.17, 15) is 24.3 Å². The topological polar surface area (TPSA) is 207 Å². The average molecular weight is 496 g/mol. The number of amides is 2. The molecule has 3 N–H and O–H groups in total. The van der Waals surface area contributed by atoms with Crippen molar-refractivity contribution in [2.24, 2.45) is 7.05 Å². The van der Waals surface area contributed by atoms with Crippen LogP contribution in [0.2, 0.25) is 0 Å². The zero-order valence-corrected chi connectivity index (χ0v) is 18.5. The highest BCUT2D eigenvalue weighted by atomic mass is 32.2. The van der Waals surface area contributed by atoms with E-state index in [1.807, 2.05) is 0 Å². The molecule has 0 radical (unpaired) electrons. The molecule has 2 aliphatic heterocycles. The summed E-state index contributed by atoms with van der Waals surface area (Å²) in [7, 11) is 1.59. The van der Waals surface area contributed by atoms with Gasteiger partial charge in [0.15, 0.2) is 11.6 Å². The van der Waals surface area contributed by atoms with Gasteiger partial charge in [-0.25, -0.2) is 9.48 Å². The van der Waals surface area contributed by atoms with Crippen molar-refractivity contribution in [3.63, 3.8) is 0 Å². The van der Waals surface area contributed by atoms with E-state index in [1.165, 1.54) is 16.4 Å². The second-order valence-electron chi connectivity index (χ2n) is 7.05. The van der Waals surface area contributed by atoms with E-state index in [-0.39, 0.29) is 29.6 Å². The van der Waals surface area contributed by atoms with Gasteiger partial charge in [0.25, 0.3) is 5.91 Å². The first-order chi connectivity index (χ1) is 15.7. The van der Waals surface area contributed by atoms with Crippen molar-refractivity contribution in [3.05, 3.63) is 28.8 Å². The normalized spacial score (nSPS) is 20.8. The third-order valence-corrected chi connectivity index (χ3v) is 6.72. The number of aryl methyl sites for hydroxylation is 1. The maximum Gasteiger partial charge on any atom is 0.352 e. The number of hydrogen-bond donors (Lipinski definition) is 4. The molecule has 0 aliphatic carbocycles. The van der Waals surface area contributed by atoms with Crippen LogP contribution in [-0.4, -0.2) is 86.4 Å². The lowest BCUT2D eigenvalue weighted by molar-refractivity contribution is -0.150. The highest BCUT2D eigenvalue weighted by Gasteiger charge is 2.54. The molecule has 0 spiro atoms. The van der Waals surface area contributed by atoms with Crippen molar-refractivity contribution >= 4 is 48.1 Å². The molecule has 2 aromatic heterocycles. The van der Waals surface area contributed by atoms with Gasteiger partial charge in [-0.2, -0.15) is 17.6 Å². The lowest BCUT2D eigenvalue weighted by Gasteiger charge is -2.49. The number of carbonyl (C=O) groups is 4. The Bertz CT molecular complexity index is 1180. The zero-order valence-electron chi connectivity index (χ0n) is 16.8. The summed E-state index contributed by atoms with van der Waals surface area (Å²) in [6.45, 7) is 0. The van der Waals surface area contributed by atoms with Crippen LogP contribution in [-0.2, 0) is 39.1 Å². The molecule has 4 rings (SSSR count). The number of thiol groups is 1. The molecule has 2 aliphatic rings. The van der Waals surface area contributed by atoms with Gasteiger partial charge in [-0.05, 0) is 16.0 Å². The summed E-state index contributed by atoms with van der Waals surface area (Å²) in [4.78, 5) is 52.7. The number of aromatic nitrogens is 6. The van der Waals surface area contributed by atoms with Crippen molar-refractivity contribution in [2.45, 2.75) is 29.5 Å². The number of tetrazole rings is 1. The van der Waals surface area contributed by atoms with Gasteiger partial charge in [0.05, 0.1) is 5.25 Å². The Kier molecular flexibility index (Phi) is 6.07. The van der Waals surface area contributed by atoms with E-state index < -0.39 is 46.8 Å². The van der Waals surface area contributed by atoms with Gasteiger partial charge in [-0.1, -0.05) is 5.16 Å². The van der Waals surface area contributed by atoms with Gasteiger partial charge in [0.2, 0.25) is 11.8 Å². The molecule has 0 aromatic carbocycles. The number of thioether (sulfide) groups is 1. The van der Waals surface area contributed by atoms with Crippen molar-refractivity contribution in [1.29, 1.82) is 0 Å². The molecule has 2 unspecified atom stereocenters. The highest BCUT2D eigenvalue weighted by Crippen LogP contribution is 2.44. The predicted molar refractivity (Wildman–Crippen MR) is 110 cm³/mol. The standard InChI is InChI=1S/C16H16N8O7S2/c1-23-13(19-21-22-23)12(32)5-4-33-15-10(14(28)24(15)11(5)16(29)30)18-7(25)3-8-17-6(20-31-8)2-9(26)27/h10,12,15,32H,2-4H2,1H3,(H,18,25)(H,26,27)(H,29,30)/t10?,12?,15-/m1/s1. The van der Waals surface area contributed by atoms with Crippen LogP contribution in [0.25, 0.3) is 0 Å². The summed E-state index contributed by atoms with van der Waals surface area (Å²) in [5.41, 5.74) is 0.146. The number of carbonyl (C=O) groups excluding carboxylic acids is 2.